The highest BCUT2D eigenvalue weighted by molar-refractivity contribution is 7.21. The van der Waals surface area contributed by atoms with Crippen LogP contribution in [-0.4, -0.2) is 12.3 Å². The molecule has 0 nitrogen and oxygen atoms in total. The average molecular weight is 1410 g/mol. The van der Waals surface area contributed by atoms with Gasteiger partial charge in [0.05, 0.1) is 44.5 Å². The highest BCUT2D eigenvalue weighted by Crippen LogP contribution is 2.42. The molecule has 8 rings (SSSR count). The molecule has 0 saturated heterocycles. The van der Waals surface area contributed by atoms with Crippen molar-refractivity contribution in [2.24, 2.45) is 0 Å². The molecule has 0 saturated carbocycles. The minimum atomic E-state index is -6.13. The summed E-state index contributed by atoms with van der Waals surface area (Å²) in [6.45, 7) is 9.28. The van der Waals surface area contributed by atoms with Crippen LogP contribution in [0.5, 0.6) is 0 Å². The van der Waals surface area contributed by atoms with Gasteiger partial charge in [-0.2, -0.15) is 149 Å². The van der Waals surface area contributed by atoms with Crippen molar-refractivity contribution >= 4 is 56.0 Å². The molecule has 8 aromatic rings. The second-order valence-electron chi connectivity index (χ2n) is 24.3. The predicted octanol–water partition coefficient (Wildman–Crippen LogP) is 19.6. The van der Waals surface area contributed by atoms with Gasteiger partial charge in [0.25, 0.3) is 0 Å². The van der Waals surface area contributed by atoms with Gasteiger partial charge in [-0.1, -0.05) is 221 Å². The number of rotatable bonds is 20. The van der Waals surface area contributed by atoms with Gasteiger partial charge in [-0.15, -0.1) is 0 Å². The molecular formula is C72H64B2F24-2. The molecule has 0 aliphatic carbocycles. The third-order valence-corrected chi connectivity index (χ3v) is 17.7. The molecule has 0 fully saturated rings. The Labute approximate surface area is 550 Å². The first-order chi connectivity index (χ1) is 45.5. The summed E-state index contributed by atoms with van der Waals surface area (Å²) in [6.07, 6.45) is -42.0. The van der Waals surface area contributed by atoms with Gasteiger partial charge in [-0.05, 0) is 75.6 Å². The van der Waals surface area contributed by atoms with E-state index in [1.54, 1.807) is 0 Å². The van der Waals surface area contributed by atoms with E-state index < -0.39 is 201 Å². The van der Waals surface area contributed by atoms with E-state index in [4.69, 9.17) is 0 Å². The van der Waals surface area contributed by atoms with Crippen LogP contribution in [0.2, 0.25) is 0 Å². The molecule has 0 spiro atoms. The highest BCUT2D eigenvalue weighted by atomic mass is 19.4. The first kappa shape index (κ1) is 77.6. The number of hydrogen-bond acceptors (Lipinski definition) is 0. The van der Waals surface area contributed by atoms with Gasteiger partial charge < -0.3 is 0 Å². The van der Waals surface area contributed by atoms with Crippen LogP contribution >= 0.6 is 0 Å². The summed E-state index contributed by atoms with van der Waals surface area (Å²) in [5.74, 6) is 0. The standard InChI is InChI=1S/C40H52B.C32H12BF24/c1-5-9-21-33-25-13-17-29-37(33)41(38-30-18-14-26-34(38)22-10-6-2,39-31-19-15-27-35(39)23-11-7-3)40-32-20-16-28-36(40)24-12-8-4;34-25(35,36)13-1-14(26(37,38)39)6-21(5-13)33(22-7-15(27(40,41)42)2-16(8-22)28(43,44)45,23-9-17(29(46,47)48)3-18(10-23)30(49,50)51)24-11-19(31(52,53)54)4-20(12-24)32(55,56)57/h13-20,25-32H,5-12,21-24H2,1-4H3;1-12H/q2*-1. The molecular weight excluding hydrogens is 1340 g/mol. The van der Waals surface area contributed by atoms with Gasteiger partial charge in [-0.25, -0.2) is 0 Å². The van der Waals surface area contributed by atoms with E-state index in [-0.39, 0.29) is 0 Å². The smallest absolute Gasteiger partial charge is 0.194 e. The maximum atomic E-state index is 14.2. The van der Waals surface area contributed by atoms with E-state index in [2.05, 4.69) is 125 Å². The molecule has 0 amide bonds. The summed E-state index contributed by atoms with van der Waals surface area (Å²) in [5.41, 5.74) is -18.0. The third kappa shape index (κ3) is 17.4. The van der Waals surface area contributed by atoms with Crippen LogP contribution in [0.15, 0.2) is 170 Å². The van der Waals surface area contributed by atoms with E-state index in [9.17, 15) is 105 Å². The maximum absolute atomic E-state index is 14.2. The molecule has 528 valence electrons. The molecule has 26 heteroatoms. The number of aryl methyl sites for hydroxylation is 4. The molecule has 0 aliphatic heterocycles. The zero-order valence-corrected chi connectivity index (χ0v) is 52.9. The van der Waals surface area contributed by atoms with Crippen LogP contribution in [0.4, 0.5) is 105 Å². The van der Waals surface area contributed by atoms with Crippen molar-refractivity contribution in [3.05, 3.63) is 237 Å². The second kappa shape index (κ2) is 30.0. The summed E-state index contributed by atoms with van der Waals surface area (Å²) in [7, 11) is 0. The summed E-state index contributed by atoms with van der Waals surface area (Å²) in [5, 5.41) is 0. The quantitative estimate of drug-likeness (QED) is 0.0527. The Bertz CT molecular complexity index is 3360. The van der Waals surface area contributed by atoms with Crippen molar-refractivity contribution < 1.29 is 105 Å². The number of alkyl halides is 24. The largest absolute Gasteiger partial charge is 0.416 e. The normalized spacial score (nSPS) is 13.2. The lowest BCUT2D eigenvalue weighted by molar-refractivity contribution is -0.144. The highest BCUT2D eigenvalue weighted by Gasteiger charge is 2.48. The van der Waals surface area contributed by atoms with Gasteiger partial charge in [0, 0.05) is 0 Å². The van der Waals surface area contributed by atoms with E-state index in [0.717, 1.165) is 25.7 Å². The summed E-state index contributed by atoms with van der Waals surface area (Å²) in [6, 6.07) is 29.2. The van der Waals surface area contributed by atoms with Gasteiger partial charge in [0.15, 0.2) is 0 Å². The van der Waals surface area contributed by atoms with Crippen molar-refractivity contribution in [2.45, 2.75) is 154 Å². The van der Waals surface area contributed by atoms with Gasteiger partial charge >= 0.3 is 49.4 Å². The number of benzene rings is 8. The van der Waals surface area contributed by atoms with Crippen molar-refractivity contribution in [1.29, 1.82) is 0 Å². The molecule has 0 bridgehead atoms. The zero-order chi connectivity index (χ0) is 72.8. The fourth-order valence-corrected chi connectivity index (χ4v) is 13.3. The van der Waals surface area contributed by atoms with E-state index in [1.165, 1.54) is 95.5 Å². The lowest BCUT2D eigenvalue weighted by Crippen LogP contribution is -2.77. The monoisotopic (exact) mass is 1410 g/mol. The summed E-state index contributed by atoms with van der Waals surface area (Å²) >= 11 is 0. The molecule has 98 heavy (non-hydrogen) atoms. The van der Waals surface area contributed by atoms with Crippen molar-refractivity contribution in [1.82, 2.24) is 0 Å². The molecule has 0 aliphatic rings. The maximum Gasteiger partial charge on any atom is 0.416 e. The van der Waals surface area contributed by atoms with Gasteiger partial charge in [-0.3, -0.25) is 0 Å². The Hall–Kier alpha value is -7.79. The number of unbranched alkanes of at least 4 members (excludes halogenated alkanes) is 4. The molecule has 0 heterocycles. The SMILES string of the molecule is CCCCc1ccccc1[B-](c1ccccc1CCCC)(c1ccccc1CCCC)c1ccccc1CCCC.FC(F)(F)c1cc([B-](c2cc(C(F)(F)F)cc(C(F)(F)F)c2)(c2cc(C(F)(F)F)cc(C(F)(F)F)c2)c2cc(C(F)(F)F)cc(C(F)(F)F)c2)cc(C(F)(F)F)c1. The lowest BCUT2D eigenvalue weighted by atomic mass is 9.11. The van der Waals surface area contributed by atoms with Crippen molar-refractivity contribution in [2.75, 3.05) is 0 Å². The Morgan fingerprint density at radius 3 is 0.510 bits per heavy atom. The minimum Gasteiger partial charge on any atom is -0.194 e. The molecule has 0 aromatic heterocycles. The molecule has 0 N–H and O–H groups in total. The fraction of sp³-hybridized carbons (Fsp3) is 0.333. The van der Waals surface area contributed by atoms with Crippen LogP contribution in [0.1, 0.15) is 146 Å². The lowest BCUT2D eigenvalue weighted by Gasteiger charge is -2.49. The van der Waals surface area contributed by atoms with Gasteiger partial charge in [0.1, 0.15) is 12.3 Å². The van der Waals surface area contributed by atoms with Gasteiger partial charge in [0.2, 0.25) is 0 Å². The summed E-state index contributed by atoms with van der Waals surface area (Å²) in [4.78, 5) is 0. The van der Waals surface area contributed by atoms with Crippen LogP contribution in [0.3, 0.4) is 0 Å². The molecule has 0 radical (unpaired) electrons. The molecule has 8 aromatic carbocycles. The third-order valence-electron chi connectivity index (χ3n) is 17.7. The first-order valence-electron chi connectivity index (χ1n) is 31.3. The van der Waals surface area contributed by atoms with Crippen molar-refractivity contribution in [3.8, 4) is 0 Å². The number of halogens is 24. The van der Waals surface area contributed by atoms with Crippen LogP contribution in [0.25, 0.3) is 0 Å². The fourth-order valence-electron chi connectivity index (χ4n) is 13.3. The number of hydrogen-bond donors (Lipinski definition) is 0. The predicted molar refractivity (Wildman–Crippen MR) is 335 cm³/mol. The topological polar surface area (TPSA) is 0 Å². The van der Waals surface area contributed by atoms with E-state index >= 15 is 0 Å². The summed E-state index contributed by atoms with van der Waals surface area (Å²) < 4.78 is 341. The van der Waals surface area contributed by atoms with Crippen molar-refractivity contribution in [3.63, 3.8) is 0 Å². The molecule has 0 unspecified atom stereocenters. The van der Waals surface area contributed by atoms with E-state index in [1.807, 2.05) is 0 Å². The van der Waals surface area contributed by atoms with E-state index in [0.29, 0.717) is 0 Å². The average Bonchev–Trinajstić information content (AvgIpc) is 0.716. The Balaban J connectivity index is 0.000000291. The Morgan fingerprint density at radius 1 is 0.214 bits per heavy atom. The molecule has 0 atom stereocenters. The second-order valence-corrected chi connectivity index (χ2v) is 24.3. The van der Waals surface area contributed by atoms with Crippen LogP contribution in [0, 0.1) is 0 Å². The Morgan fingerprint density at radius 2 is 0.367 bits per heavy atom. The minimum absolute atomic E-state index is 0.691. The zero-order valence-electron chi connectivity index (χ0n) is 52.9. The first-order valence-corrected chi connectivity index (χ1v) is 31.3. The van der Waals surface area contributed by atoms with Crippen LogP contribution < -0.4 is 43.7 Å². The Kier molecular flexibility index (Phi) is 23.7. The van der Waals surface area contributed by atoms with Crippen LogP contribution in [-0.2, 0) is 75.1 Å².